The van der Waals surface area contributed by atoms with Gasteiger partial charge in [0.25, 0.3) is 0 Å². The monoisotopic (exact) mass is 431 g/mol. The van der Waals surface area contributed by atoms with E-state index in [1.54, 1.807) is 0 Å². The van der Waals surface area contributed by atoms with E-state index in [4.69, 9.17) is 0 Å². The molecule has 3 fully saturated rings. The van der Waals surface area contributed by atoms with E-state index in [0.717, 1.165) is 23.8 Å². The molecule has 2 aliphatic carbocycles. The highest BCUT2D eigenvalue weighted by Crippen LogP contribution is 2.38. The fraction of sp³-hybridized carbons (Fsp3) is 1.00. The zero-order chi connectivity index (χ0) is 21.4. The van der Waals surface area contributed by atoms with E-state index in [-0.39, 0.29) is 0 Å². The third-order valence-electron chi connectivity index (χ3n) is 9.22. The molecule has 1 heterocycles. The zero-order valence-electron chi connectivity index (χ0n) is 21.2. The Labute approximate surface area is 196 Å². The SMILES string of the molecule is C1CCCCCC(C2CCCCCCCC3CCCCCCCCCNC32)CCCC1. The van der Waals surface area contributed by atoms with Gasteiger partial charge >= 0.3 is 0 Å². The maximum Gasteiger partial charge on any atom is 0.0126 e. The number of hydrogen-bond acceptors (Lipinski definition) is 1. The Morgan fingerprint density at radius 2 is 0.677 bits per heavy atom. The maximum absolute atomic E-state index is 4.28. The summed E-state index contributed by atoms with van der Waals surface area (Å²) in [6.45, 7) is 1.30. The van der Waals surface area contributed by atoms with Gasteiger partial charge in [0.1, 0.15) is 0 Å². The predicted molar refractivity (Wildman–Crippen MR) is 138 cm³/mol. The average molecular weight is 432 g/mol. The molecule has 3 rings (SSSR count). The van der Waals surface area contributed by atoms with Gasteiger partial charge in [0.05, 0.1) is 0 Å². The standard InChI is InChI=1S/C30H57N/c1-2-5-10-16-22-27(21-15-9-4-1)29-25-19-13-8-12-18-24-28-23-17-11-6-3-7-14-20-26-31-30(28)29/h27-31H,1-26H2. The van der Waals surface area contributed by atoms with Crippen LogP contribution in [0.4, 0.5) is 0 Å². The van der Waals surface area contributed by atoms with Crippen molar-refractivity contribution in [1.29, 1.82) is 0 Å². The quantitative estimate of drug-likeness (QED) is 0.435. The molecule has 1 N–H and O–H groups in total. The maximum atomic E-state index is 4.28. The highest BCUT2D eigenvalue weighted by molar-refractivity contribution is 4.88. The molecule has 3 atom stereocenters. The van der Waals surface area contributed by atoms with E-state index in [0.29, 0.717) is 0 Å². The summed E-state index contributed by atoms with van der Waals surface area (Å²) in [5.74, 6) is 2.93. The summed E-state index contributed by atoms with van der Waals surface area (Å²) in [6, 6.07) is 0.827. The molecule has 1 aliphatic heterocycles. The minimum absolute atomic E-state index is 0.827. The van der Waals surface area contributed by atoms with Crippen molar-refractivity contribution in [3.63, 3.8) is 0 Å². The molecular formula is C30H57N. The molecule has 1 nitrogen and oxygen atoms in total. The number of fused-ring (bicyclic) bond motifs is 1. The summed E-state index contributed by atoms with van der Waals surface area (Å²) in [6.07, 6.45) is 37.5. The molecule has 0 aromatic heterocycles. The minimum Gasteiger partial charge on any atom is -0.313 e. The summed E-state index contributed by atoms with van der Waals surface area (Å²) < 4.78 is 0. The highest BCUT2D eigenvalue weighted by atomic mass is 14.9. The Morgan fingerprint density at radius 1 is 0.323 bits per heavy atom. The van der Waals surface area contributed by atoms with Crippen LogP contribution in [0.5, 0.6) is 0 Å². The van der Waals surface area contributed by atoms with E-state index in [9.17, 15) is 0 Å². The van der Waals surface area contributed by atoms with Gasteiger partial charge in [0, 0.05) is 6.04 Å². The van der Waals surface area contributed by atoms with Gasteiger partial charge in [-0.05, 0) is 50.0 Å². The van der Waals surface area contributed by atoms with E-state index >= 15 is 0 Å². The average Bonchev–Trinajstić information content (AvgIpc) is 2.84. The fourth-order valence-electron chi connectivity index (χ4n) is 7.33. The van der Waals surface area contributed by atoms with Crippen LogP contribution >= 0.6 is 0 Å². The number of rotatable bonds is 1. The Morgan fingerprint density at radius 3 is 1.16 bits per heavy atom. The number of nitrogens with one attached hydrogen (secondary N) is 1. The van der Waals surface area contributed by atoms with E-state index in [1.165, 1.54) is 167 Å². The molecule has 0 aromatic carbocycles. The summed E-state index contributed by atoms with van der Waals surface area (Å²) >= 11 is 0. The second kappa shape index (κ2) is 16.6. The zero-order valence-corrected chi connectivity index (χ0v) is 21.2. The third-order valence-corrected chi connectivity index (χ3v) is 9.22. The van der Waals surface area contributed by atoms with Crippen LogP contribution in [0.1, 0.15) is 161 Å². The molecule has 1 heteroatoms. The molecule has 0 radical (unpaired) electrons. The molecule has 31 heavy (non-hydrogen) atoms. The fourth-order valence-corrected chi connectivity index (χ4v) is 7.33. The van der Waals surface area contributed by atoms with Crippen molar-refractivity contribution < 1.29 is 0 Å². The molecule has 3 unspecified atom stereocenters. The first-order valence-corrected chi connectivity index (χ1v) is 15.2. The lowest BCUT2D eigenvalue weighted by Gasteiger charge is -2.40. The first-order valence-electron chi connectivity index (χ1n) is 15.2. The summed E-state index contributed by atoms with van der Waals surface area (Å²) in [4.78, 5) is 0. The van der Waals surface area contributed by atoms with Crippen LogP contribution in [0.15, 0.2) is 0 Å². The second-order valence-electron chi connectivity index (χ2n) is 11.7. The van der Waals surface area contributed by atoms with E-state index < -0.39 is 0 Å². The van der Waals surface area contributed by atoms with Crippen molar-refractivity contribution in [2.45, 2.75) is 167 Å². The third kappa shape index (κ3) is 10.2. The Bertz CT molecular complexity index is 407. The Hall–Kier alpha value is -0.0400. The lowest BCUT2D eigenvalue weighted by atomic mass is 9.70. The van der Waals surface area contributed by atoms with Crippen LogP contribution in [0, 0.1) is 17.8 Å². The number of hydrogen-bond donors (Lipinski definition) is 1. The molecular weight excluding hydrogens is 374 g/mol. The minimum atomic E-state index is 0.827. The lowest BCUT2D eigenvalue weighted by molar-refractivity contribution is 0.137. The van der Waals surface area contributed by atoms with Crippen molar-refractivity contribution in [3.8, 4) is 0 Å². The molecule has 0 bridgehead atoms. The van der Waals surface area contributed by atoms with Crippen molar-refractivity contribution in [2.75, 3.05) is 6.54 Å². The highest BCUT2D eigenvalue weighted by Gasteiger charge is 2.33. The predicted octanol–water partition coefficient (Wildman–Crippen LogP) is 9.59. The van der Waals surface area contributed by atoms with Gasteiger partial charge in [-0.15, -0.1) is 0 Å². The molecule has 182 valence electrons. The molecule has 1 saturated heterocycles. The van der Waals surface area contributed by atoms with Crippen LogP contribution in [-0.4, -0.2) is 12.6 Å². The second-order valence-corrected chi connectivity index (χ2v) is 11.7. The van der Waals surface area contributed by atoms with Gasteiger partial charge in [0.15, 0.2) is 0 Å². The summed E-state index contributed by atoms with van der Waals surface area (Å²) in [5, 5.41) is 4.28. The molecule has 2 saturated carbocycles. The topological polar surface area (TPSA) is 12.0 Å². The molecule has 0 amide bonds. The molecule has 3 aliphatic rings. The van der Waals surface area contributed by atoms with Crippen LogP contribution < -0.4 is 5.32 Å². The molecule has 0 spiro atoms. The summed E-state index contributed by atoms with van der Waals surface area (Å²) in [7, 11) is 0. The van der Waals surface area contributed by atoms with Crippen LogP contribution in [0.25, 0.3) is 0 Å². The normalized spacial score (nSPS) is 33.1. The van der Waals surface area contributed by atoms with Crippen molar-refractivity contribution in [3.05, 3.63) is 0 Å². The first-order chi connectivity index (χ1) is 15.4. The van der Waals surface area contributed by atoms with Crippen LogP contribution in [-0.2, 0) is 0 Å². The lowest BCUT2D eigenvalue weighted by Crippen LogP contribution is -2.46. The van der Waals surface area contributed by atoms with Gasteiger partial charge in [-0.2, -0.15) is 0 Å². The summed E-state index contributed by atoms with van der Waals surface area (Å²) in [5.41, 5.74) is 0. The van der Waals surface area contributed by atoms with Gasteiger partial charge in [0.2, 0.25) is 0 Å². The van der Waals surface area contributed by atoms with Gasteiger partial charge in [-0.25, -0.2) is 0 Å². The van der Waals surface area contributed by atoms with Crippen molar-refractivity contribution >= 4 is 0 Å². The largest absolute Gasteiger partial charge is 0.313 e. The first kappa shape index (κ1) is 25.6. The van der Waals surface area contributed by atoms with Gasteiger partial charge in [-0.1, -0.05) is 135 Å². The van der Waals surface area contributed by atoms with E-state index in [2.05, 4.69) is 5.32 Å². The van der Waals surface area contributed by atoms with Crippen molar-refractivity contribution in [2.24, 2.45) is 17.8 Å². The van der Waals surface area contributed by atoms with Crippen molar-refractivity contribution in [1.82, 2.24) is 5.32 Å². The Kier molecular flexibility index (Phi) is 13.7. The van der Waals surface area contributed by atoms with Crippen LogP contribution in [0.2, 0.25) is 0 Å². The molecule has 0 aromatic rings. The smallest absolute Gasteiger partial charge is 0.0126 e. The van der Waals surface area contributed by atoms with Gasteiger partial charge in [-0.3, -0.25) is 0 Å². The Balaban J connectivity index is 1.74. The van der Waals surface area contributed by atoms with Crippen LogP contribution in [0.3, 0.4) is 0 Å². The van der Waals surface area contributed by atoms with Gasteiger partial charge < -0.3 is 5.32 Å². The van der Waals surface area contributed by atoms with E-state index in [1.807, 2.05) is 0 Å².